The van der Waals surface area contributed by atoms with Crippen molar-refractivity contribution in [3.8, 4) is 0 Å². The van der Waals surface area contributed by atoms with Gasteiger partial charge in [0, 0.05) is 6.54 Å². The number of nitrogens with two attached hydrogens (primary N) is 1. The topological polar surface area (TPSA) is 66.5 Å². The highest BCUT2D eigenvalue weighted by atomic mass is 32.9. The van der Waals surface area contributed by atoms with Crippen molar-refractivity contribution in [2.24, 2.45) is 5.73 Å². The lowest BCUT2D eigenvalue weighted by Gasteiger charge is -2.34. The first-order valence-corrected chi connectivity index (χ1v) is 9.63. The molecule has 2 atom stereocenters. The molecule has 0 bridgehead atoms. The second-order valence-corrected chi connectivity index (χ2v) is 10.8. The van der Waals surface area contributed by atoms with E-state index in [0.29, 0.717) is 5.56 Å². The number of thiol groups is 1. The van der Waals surface area contributed by atoms with Crippen molar-refractivity contribution in [2.45, 2.75) is 32.0 Å². The molecule has 0 heterocycles. The minimum Gasteiger partial charge on any atom is -0.375 e. The average molecular weight is 305 g/mol. The predicted molar refractivity (Wildman–Crippen MR) is 83.7 cm³/mol. The van der Waals surface area contributed by atoms with Gasteiger partial charge in [-0.2, -0.15) is 0 Å². The van der Waals surface area contributed by atoms with Gasteiger partial charge < -0.3 is 15.7 Å². The maximum absolute atomic E-state index is 10.7. The normalized spacial score (nSPS) is 18.4. The SMILES string of the molecule is Cc1ccc(C(C)C)c(C(O)(CN)P(O)(=S)S)c1. The molecule has 1 aromatic carbocycles. The van der Waals surface area contributed by atoms with Crippen molar-refractivity contribution in [1.82, 2.24) is 0 Å². The molecule has 4 N–H and O–H groups in total. The van der Waals surface area contributed by atoms with E-state index < -0.39 is 10.8 Å². The van der Waals surface area contributed by atoms with Crippen LogP contribution in [0, 0.1) is 6.92 Å². The Morgan fingerprint density at radius 2 is 2.06 bits per heavy atom. The Hall–Kier alpha value is 0.1000. The van der Waals surface area contributed by atoms with Crippen molar-refractivity contribution < 1.29 is 10.00 Å². The van der Waals surface area contributed by atoms with Gasteiger partial charge in [-0.3, -0.25) is 0 Å². The van der Waals surface area contributed by atoms with Gasteiger partial charge in [-0.15, -0.1) is 12.2 Å². The molecule has 0 saturated heterocycles. The average Bonchev–Trinajstić information content (AvgIpc) is 2.25. The summed E-state index contributed by atoms with van der Waals surface area (Å²) in [5, 5.41) is 9.03. The summed E-state index contributed by atoms with van der Waals surface area (Å²) in [7, 11) is 0. The fourth-order valence-electron chi connectivity index (χ4n) is 1.91. The van der Waals surface area contributed by atoms with E-state index >= 15 is 0 Å². The van der Waals surface area contributed by atoms with Crippen LogP contribution in [0.5, 0.6) is 0 Å². The number of benzene rings is 1. The molecule has 1 aromatic rings. The highest BCUT2D eigenvalue weighted by Crippen LogP contribution is 2.62. The summed E-state index contributed by atoms with van der Waals surface area (Å²) in [4.78, 5) is 10.0. The Balaban J connectivity index is 3.56. The molecule has 0 aromatic heterocycles. The molecule has 0 amide bonds. The number of aryl methyl sites for hydroxylation is 1. The summed E-state index contributed by atoms with van der Waals surface area (Å²) in [6.45, 7) is 5.81. The summed E-state index contributed by atoms with van der Waals surface area (Å²) in [5.74, 6) is 0.202. The highest BCUT2D eigenvalue weighted by molar-refractivity contribution is 8.61. The van der Waals surface area contributed by atoms with E-state index in [1.54, 1.807) is 0 Å². The number of aliphatic hydroxyl groups is 1. The summed E-state index contributed by atoms with van der Waals surface area (Å²) in [5.41, 5.74) is 4.93. The van der Waals surface area contributed by atoms with Crippen LogP contribution in [0.2, 0.25) is 0 Å². The van der Waals surface area contributed by atoms with Gasteiger partial charge in [-0.05, 0) is 24.0 Å². The van der Waals surface area contributed by atoms with Gasteiger partial charge in [0.05, 0.1) is 0 Å². The summed E-state index contributed by atoms with van der Waals surface area (Å²) < 4.78 is 0. The van der Waals surface area contributed by atoms with Gasteiger partial charge in [0.15, 0.2) is 10.8 Å². The first-order valence-electron chi connectivity index (χ1n) is 5.72. The quantitative estimate of drug-likeness (QED) is 0.509. The van der Waals surface area contributed by atoms with E-state index in [4.69, 9.17) is 17.5 Å². The van der Waals surface area contributed by atoms with Crippen molar-refractivity contribution in [3.05, 3.63) is 34.9 Å². The van der Waals surface area contributed by atoms with Crippen LogP contribution in [0.15, 0.2) is 18.2 Å². The fourth-order valence-corrected chi connectivity index (χ4v) is 3.74. The first-order chi connectivity index (χ1) is 8.13. The van der Waals surface area contributed by atoms with Crippen LogP contribution in [-0.2, 0) is 17.1 Å². The molecule has 0 aliphatic carbocycles. The van der Waals surface area contributed by atoms with Crippen LogP contribution in [0.3, 0.4) is 0 Å². The van der Waals surface area contributed by atoms with E-state index in [1.807, 2.05) is 39.0 Å². The Bertz CT molecular complexity index is 487. The third-order valence-electron chi connectivity index (χ3n) is 3.03. The smallest absolute Gasteiger partial charge is 0.161 e. The van der Waals surface area contributed by atoms with Gasteiger partial charge in [-0.25, -0.2) is 0 Å². The zero-order valence-corrected chi connectivity index (χ0v) is 13.4. The largest absolute Gasteiger partial charge is 0.375 e. The molecule has 1 rings (SSSR count). The summed E-state index contributed by atoms with van der Waals surface area (Å²) in [6.07, 6.45) is 0. The van der Waals surface area contributed by atoms with E-state index in [0.717, 1.165) is 11.1 Å². The van der Waals surface area contributed by atoms with Gasteiger partial charge >= 0.3 is 0 Å². The van der Waals surface area contributed by atoms with E-state index in [2.05, 4.69) is 12.2 Å². The molecule has 2 unspecified atom stereocenters. The Morgan fingerprint density at radius 1 is 1.50 bits per heavy atom. The molecule has 0 aliphatic heterocycles. The molecular weight excluding hydrogens is 285 g/mol. The zero-order valence-electron chi connectivity index (χ0n) is 10.8. The number of hydrogen-bond acceptors (Lipinski definition) is 3. The maximum atomic E-state index is 10.7. The second kappa shape index (κ2) is 5.61. The molecule has 0 spiro atoms. The maximum Gasteiger partial charge on any atom is 0.161 e. The van der Waals surface area contributed by atoms with Crippen LogP contribution in [0.4, 0.5) is 0 Å². The van der Waals surface area contributed by atoms with Crippen molar-refractivity contribution in [2.75, 3.05) is 6.54 Å². The van der Waals surface area contributed by atoms with Gasteiger partial charge in [0.25, 0.3) is 0 Å². The minimum atomic E-state index is -3.24. The number of hydrogen-bond donors (Lipinski definition) is 4. The minimum absolute atomic E-state index is 0.145. The molecule has 3 nitrogen and oxygen atoms in total. The molecule has 0 fully saturated rings. The zero-order chi connectivity index (χ0) is 14.1. The van der Waals surface area contributed by atoms with Crippen LogP contribution >= 0.6 is 17.7 Å². The lowest BCUT2D eigenvalue weighted by atomic mass is 9.92. The monoisotopic (exact) mass is 305 g/mol. The second-order valence-electron chi connectivity index (χ2n) is 4.81. The molecule has 0 aliphatic rings. The third-order valence-corrected chi connectivity index (χ3v) is 6.31. The fraction of sp³-hybridized carbons (Fsp3) is 0.500. The van der Waals surface area contributed by atoms with Crippen molar-refractivity contribution in [3.63, 3.8) is 0 Å². The highest BCUT2D eigenvalue weighted by Gasteiger charge is 2.41. The molecule has 18 heavy (non-hydrogen) atoms. The molecule has 0 radical (unpaired) electrons. The van der Waals surface area contributed by atoms with E-state index in [9.17, 15) is 10.00 Å². The van der Waals surface area contributed by atoms with E-state index in [1.165, 1.54) is 0 Å². The van der Waals surface area contributed by atoms with Crippen molar-refractivity contribution in [1.29, 1.82) is 0 Å². The Labute approximate surface area is 119 Å². The van der Waals surface area contributed by atoms with Gasteiger partial charge in [0.2, 0.25) is 0 Å². The van der Waals surface area contributed by atoms with Crippen molar-refractivity contribution >= 4 is 29.5 Å². The lowest BCUT2D eigenvalue weighted by Crippen LogP contribution is -2.34. The Morgan fingerprint density at radius 3 is 2.44 bits per heavy atom. The number of rotatable bonds is 4. The molecule has 0 saturated carbocycles. The lowest BCUT2D eigenvalue weighted by molar-refractivity contribution is 0.131. The Kier molecular flexibility index (Phi) is 5.04. The third kappa shape index (κ3) is 2.98. The van der Waals surface area contributed by atoms with Crippen LogP contribution in [-0.4, -0.2) is 16.5 Å². The van der Waals surface area contributed by atoms with Crippen LogP contribution in [0.25, 0.3) is 0 Å². The summed E-state index contributed by atoms with van der Waals surface area (Å²) >= 11 is 9.02. The molecular formula is C12H20NO2PS2. The molecule has 102 valence electrons. The predicted octanol–water partition coefficient (Wildman–Crippen LogP) is 2.45. The first kappa shape index (κ1) is 16.2. The van der Waals surface area contributed by atoms with Crippen LogP contribution < -0.4 is 5.73 Å². The summed E-state index contributed by atoms with van der Waals surface area (Å²) in [6, 6.07) is 5.74. The van der Waals surface area contributed by atoms with E-state index in [-0.39, 0.29) is 12.5 Å². The van der Waals surface area contributed by atoms with Gasteiger partial charge in [0.1, 0.15) is 0 Å². The molecule has 6 heteroatoms. The van der Waals surface area contributed by atoms with Gasteiger partial charge in [-0.1, -0.05) is 49.4 Å². The van der Waals surface area contributed by atoms with Crippen LogP contribution in [0.1, 0.15) is 36.5 Å². The standard InChI is InChI=1S/C12H20NO2PS2/c1-8(2)10-5-4-9(3)6-11(10)12(14,7-13)16(15,17)18/h4-6,8,14H,7,13H2,1-3H3,(H2,15,17,18).